The first kappa shape index (κ1) is 14.4. The van der Waals surface area contributed by atoms with E-state index in [2.05, 4.69) is 29.5 Å². The summed E-state index contributed by atoms with van der Waals surface area (Å²) < 4.78 is 14.7. The van der Waals surface area contributed by atoms with Gasteiger partial charge in [0, 0.05) is 0 Å². The lowest BCUT2D eigenvalue weighted by molar-refractivity contribution is 0.364. The summed E-state index contributed by atoms with van der Waals surface area (Å²) in [7, 11) is 0. The van der Waals surface area contributed by atoms with Crippen LogP contribution in [0.25, 0.3) is 0 Å². The third-order valence-corrected chi connectivity index (χ3v) is 2.78. The van der Waals surface area contributed by atoms with Gasteiger partial charge in [0.2, 0.25) is 0 Å². The summed E-state index contributed by atoms with van der Waals surface area (Å²) in [6.45, 7) is 2.23. The van der Waals surface area contributed by atoms with Gasteiger partial charge in [0.15, 0.2) is 0 Å². The average Bonchev–Trinajstić information content (AvgIpc) is 2.17. The van der Waals surface area contributed by atoms with Crippen molar-refractivity contribution in [3.63, 3.8) is 0 Å². The van der Waals surface area contributed by atoms with Crippen LogP contribution < -0.4 is 0 Å². The molecule has 0 N–H and O–H groups in total. The van der Waals surface area contributed by atoms with E-state index in [1.165, 1.54) is 38.5 Å². The molecule has 0 aromatic carbocycles. The van der Waals surface area contributed by atoms with E-state index in [0.717, 1.165) is 6.42 Å². The Hall–Kier alpha value is 0.400. The second kappa shape index (κ2) is 11.5. The summed E-state index contributed by atoms with van der Waals surface area (Å²) in [5.74, 6) is 0. The molecule has 84 valence electrons. The molecule has 0 aliphatic carbocycles. The molecule has 0 bridgehead atoms. The second-order valence-corrected chi connectivity index (χ2v) is 4.46. The molecular formula is C12H22FI. The Labute approximate surface area is 101 Å². The number of hydrogen-bond donors (Lipinski definition) is 0. The zero-order valence-corrected chi connectivity index (χ0v) is 11.3. The lowest BCUT2D eigenvalue weighted by atomic mass is 10.1. The lowest BCUT2D eigenvalue weighted by Crippen LogP contribution is -1.94. The van der Waals surface area contributed by atoms with Crippen molar-refractivity contribution in [1.82, 2.24) is 0 Å². The Bertz CT molecular complexity index is 134. The molecule has 0 aliphatic heterocycles. The molecule has 14 heavy (non-hydrogen) atoms. The minimum atomic E-state index is -0.720. The summed E-state index contributed by atoms with van der Waals surface area (Å²) in [6.07, 6.45) is 10.5. The molecule has 0 aromatic rings. The van der Waals surface area contributed by atoms with Crippen molar-refractivity contribution in [3.05, 3.63) is 10.2 Å². The van der Waals surface area contributed by atoms with Crippen LogP contribution in [0.1, 0.15) is 58.3 Å². The lowest BCUT2D eigenvalue weighted by Gasteiger charge is -2.02. The van der Waals surface area contributed by atoms with Gasteiger partial charge < -0.3 is 0 Å². The first-order valence-electron chi connectivity index (χ1n) is 5.72. The third kappa shape index (κ3) is 10.5. The summed E-state index contributed by atoms with van der Waals surface area (Å²) in [4.78, 5) is 0. The molecule has 2 heteroatoms. The fraction of sp³-hybridized carbons (Fsp3) is 0.833. The molecule has 0 saturated carbocycles. The van der Waals surface area contributed by atoms with Gasteiger partial charge in [-0.15, -0.1) is 0 Å². The summed E-state index contributed by atoms with van der Waals surface area (Å²) in [5.41, 5.74) is 0. The molecule has 0 aliphatic rings. The van der Waals surface area contributed by atoms with E-state index in [4.69, 9.17) is 0 Å². The van der Waals surface area contributed by atoms with Crippen LogP contribution in [-0.2, 0) is 0 Å². The molecule has 0 rings (SSSR count). The normalized spacial score (nSPS) is 13.6. The van der Waals surface area contributed by atoms with Crippen LogP contribution in [0.4, 0.5) is 4.39 Å². The van der Waals surface area contributed by atoms with Gasteiger partial charge in [0.25, 0.3) is 0 Å². The number of rotatable bonds is 9. The number of alkyl halides is 1. The number of unbranched alkanes of at least 4 members (excludes halogenated alkanes) is 6. The highest BCUT2D eigenvalue weighted by molar-refractivity contribution is 14.1. The van der Waals surface area contributed by atoms with Gasteiger partial charge in [-0.05, 0) is 16.6 Å². The van der Waals surface area contributed by atoms with E-state index < -0.39 is 6.17 Å². The maximum atomic E-state index is 12.9. The Balaban J connectivity index is 3.05. The average molecular weight is 312 g/mol. The van der Waals surface area contributed by atoms with Crippen LogP contribution >= 0.6 is 22.6 Å². The predicted molar refractivity (Wildman–Crippen MR) is 70.7 cm³/mol. The number of allylic oxidation sites excluding steroid dienone is 1. The van der Waals surface area contributed by atoms with Gasteiger partial charge in [-0.1, -0.05) is 74.5 Å². The molecule has 0 fully saturated rings. The molecule has 0 aromatic heterocycles. The molecule has 1 atom stereocenters. The summed E-state index contributed by atoms with van der Waals surface area (Å²) >= 11 is 2.07. The van der Waals surface area contributed by atoms with Crippen LogP contribution in [0, 0.1) is 0 Å². The van der Waals surface area contributed by atoms with Gasteiger partial charge in [0.1, 0.15) is 6.17 Å². The van der Waals surface area contributed by atoms with Crippen LogP contribution in [0.5, 0.6) is 0 Å². The fourth-order valence-electron chi connectivity index (χ4n) is 1.47. The highest BCUT2D eigenvalue weighted by atomic mass is 127. The monoisotopic (exact) mass is 312 g/mol. The van der Waals surface area contributed by atoms with Crippen molar-refractivity contribution in [3.8, 4) is 0 Å². The minimum absolute atomic E-state index is 0.702. The minimum Gasteiger partial charge on any atom is -0.243 e. The first-order chi connectivity index (χ1) is 6.81. The fourth-order valence-corrected chi connectivity index (χ4v) is 1.92. The van der Waals surface area contributed by atoms with Crippen LogP contribution in [-0.4, -0.2) is 6.17 Å². The highest BCUT2D eigenvalue weighted by Gasteiger charge is 2.00. The molecule has 1 unspecified atom stereocenters. The maximum absolute atomic E-state index is 12.9. The van der Waals surface area contributed by atoms with Crippen LogP contribution in [0.2, 0.25) is 0 Å². The smallest absolute Gasteiger partial charge is 0.119 e. The van der Waals surface area contributed by atoms with Crippen LogP contribution in [0.3, 0.4) is 0 Å². The Morgan fingerprint density at radius 1 is 1.07 bits per heavy atom. The number of hydrogen-bond acceptors (Lipinski definition) is 0. The van der Waals surface area contributed by atoms with Crippen molar-refractivity contribution in [2.45, 2.75) is 64.5 Å². The zero-order valence-electron chi connectivity index (χ0n) is 9.14. The largest absolute Gasteiger partial charge is 0.243 e. The topological polar surface area (TPSA) is 0 Å². The van der Waals surface area contributed by atoms with Gasteiger partial charge in [-0.25, -0.2) is 4.39 Å². The third-order valence-electron chi connectivity index (χ3n) is 2.37. The van der Waals surface area contributed by atoms with E-state index in [1.54, 1.807) is 10.2 Å². The Kier molecular flexibility index (Phi) is 11.8. The molecule has 0 spiro atoms. The summed E-state index contributed by atoms with van der Waals surface area (Å²) in [6, 6.07) is 0. The summed E-state index contributed by atoms with van der Waals surface area (Å²) in [5, 5.41) is 0. The van der Waals surface area contributed by atoms with E-state index in [1.807, 2.05) is 0 Å². The quantitative estimate of drug-likeness (QED) is 0.394. The standard InChI is InChI=1S/C12H22FI/c1-2-3-4-5-6-7-8-9-12(13)10-11-14/h10-12H,2-9H2,1H3/b11-10-. The predicted octanol–water partition coefficient (Wildman–Crippen LogP) is 5.41. The molecule has 0 radical (unpaired) electrons. The van der Waals surface area contributed by atoms with E-state index in [0.29, 0.717) is 6.42 Å². The molecule has 0 amide bonds. The van der Waals surface area contributed by atoms with E-state index in [-0.39, 0.29) is 0 Å². The van der Waals surface area contributed by atoms with Gasteiger partial charge in [-0.2, -0.15) is 0 Å². The molecule has 0 heterocycles. The first-order valence-corrected chi connectivity index (χ1v) is 6.96. The molecule has 0 nitrogen and oxygen atoms in total. The maximum Gasteiger partial charge on any atom is 0.119 e. The van der Waals surface area contributed by atoms with E-state index in [9.17, 15) is 4.39 Å². The highest BCUT2D eigenvalue weighted by Crippen LogP contribution is 2.12. The SMILES string of the molecule is CCCCCCCCCC(F)/C=C\I. The molecular weight excluding hydrogens is 290 g/mol. The Morgan fingerprint density at radius 3 is 2.21 bits per heavy atom. The van der Waals surface area contributed by atoms with Crippen molar-refractivity contribution in [2.75, 3.05) is 0 Å². The van der Waals surface area contributed by atoms with Gasteiger partial charge in [0.05, 0.1) is 0 Å². The number of halogens is 2. The van der Waals surface area contributed by atoms with Crippen molar-refractivity contribution in [1.29, 1.82) is 0 Å². The Morgan fingerprint density at radius 2 is 1.64 bits per heavy atom. The van der Waals surface area contributed by atoms with Gasteiger partial charge in [-0.3, -0.25) is 0 Å². The van der Waals surface area contributed by atoms with Crippen LogP contribution in [0.15, 0.2) is 10.2 Å². The van der Waals surface area contributed by atoms with E-state index >= 15 is 0 Å². The molecule has 0 saturated heterocycles. The second-order valence-electron chi connectivity index (χ2n) is 3.74. The zero-order chi connectivity index (χ0) is 10.6. The van der Waals surface area contributed by atoms with Crippen molar-refractivity contribution in [2.24, 2.45) is 0 Å². The van der Waals surface area contributed by atoms with Crippen molar-refractivity contribution >= 4 is 22.6 Å². The van der Waals surface area contributed by atoms with Gasteiger partial charge >= 0.3 is 0 Å². The van der Waals surface area contributed by atoms with Crippen molar-refractivity contribution < 1.29 is 4.39 Å².